The number of benzene rings is 2. The van der Waals surface area contributed by atoms with Crippen LogP contribution in [0.25, 0.3) is 10.9 Å². The number of carbonyl (C=O) groups is 1. The summed E-state index contributed by atoms with van der Waals surface area (Å²) in [6, 6.07) is 14.5. The number of hydrogen-bond donors (Lipinski definition) is 1. The number of carbonyl (C=O) groups excluding carboxylic acids is 1. The molecule has 6 nitrogen and oxygen atoms in total. The number of aromatic nitrogens is 2. The number of anilines is 2. The molecule has 2 aromatic carbocycles. The van der Waals surface area contributed by atoms with Crippen LogP contribution in [-0.2, 0) is 11.3 Å². The highest BCUT2D eigenvalue weighted by atomic mass is 35.5. The van der Waals surface area contributed by atoms with Crippen LogP contribution in [-0.4, -0.2) is 28.5 Å². The third-order valence-electron chi connectivity index (χ3n) is 5.23. The van der Waals surface area contributed by atoms with Gasteiger partial charge in [-0.15, -0.1) is 0 Å². The van der Waals surface area contributed by atoms with E-state index in [2.05, 4.69) is 22.1 Å². The van der Waals surface area contributed by atoms with Gasteiger partial charge in [-0.3, -0.25) is 9.36 Å². The fourth-order valence-electron chi connectivity index (χ4n) is 3.90. The molecule has 1 fully saturated rings. The Labute approximate surface area is 174 Å². The predicted molar refractivity (Wildman–Crippen MR) is 117 cm³/mol. The molecule has 1 aliphatic rings. The molecule has 1 aromatic heterocycles. The molecule has 0 saturated carbocycles. The van der Waals surface area contributed by atoms with Gasteiger partial charge in [0.15, 0.2) is 0 Å². The van der Waals surface area contributed by atoms with Crippen LogP contribution in [0.3, 0.4) is 0 Å². The summed E-state index contributed by atoms with van der Waals surface area (Å²) < 4.78 is 1.42. The Balaban J connectivity index is 1.67. The molecule has 150 valence electrons. The molecule has 1 aliphatic heterocycles. The summed E-state index contributed by atoms with van der Waals surface area (Å²) in [5.74, 6) is 0.972. The second kappa shape index (κ2) is 8.25. The Hall–Kier alpha value is -2.86. The van der Waals surface area contributed by atoms with E-state index >= 15 is 0 Å². The SMILES string of the molecule is C[C@H]1CCCN(c2nc(=O)n(CC(=O)Nc3cccc(Cl)c3)c3ccccc23)C1. The molecule has 7 heteroatoms. The van der Waals surface area contributed by atoms with Gasteiger partial charge in [-0.25, -0.2) is 4.79 Å². The molecule has 1 amide bonds. The van der Waals surface area contributed by atoms with Crippen molar-refractivity contribution in [1.82, 2.24) is 9.55 Å². The number of amides is 1. The summed E-state index contributed by atoms with van der Waals surface area (Å²) in [5, 5.41) is 4.21. The van der Waals surface area contributed by atoms with Gasteiger partial charge in [-0.2, -0.15) is 4.98 Å². The molecule has 0 unspecified atom stereocenters. The third-order valence-corrected chi connectivity index (χ3v) is 5.47. The molecule has 29 heavy (non-hydrogen) atoms. The molecular weight excluding hydrogens is 388 g/mol. The fraction of sp³-hybridized carbons (Fsp3) is 0.318. The van der Waals surface area contributed by atoms with Crippen LogP contribution in [0.2, 0.25) is 5.02 Å². The Morgan fingerprint density at radius 2 is 2.07 bits per heavy atom. The lowest BCUT2D eigenvalue weighted by atomic mass is 10.00. The number of fused-ring (bicyclic) bond motifs is 1. The van der Waals surface area contributed by atoms with Gasteiger partial charge in [-0.05, 0) is 49.1 Å². The van der Waals surface area contributed by atoms with Crippen molar-refractivity contribution in [2.75, 3.05) is 23.3 Å². The first-order chi connectivity index (χ1) is 14.0. The lowest BCUT2D eigenvalue weighted by molar-refractivity contribution is -0.116. The maximum atomic E-state index is 12.8. The highest BCUT2D eigenvalue weighted by Crippen LogP contribution is 2.27. The molecule has 0 radical (unpaired) electrons. The van der Waals surface area contributed by atoms with E-state index in [4.69, 9.17) is 11.6 Å². The van der Waals surface area contributed by atoms with Gasteiger partial charge in [0.1, 0.15) is 12.4 Å². The van der Waals surface area contributed by atoms with E-state index < -0.39 is 5.69 Å². The van der Waals surface area contributed by atoms with E-state index in [0.717, 1.165) is 24.9 Å². The van der Waals surface area contributed by atoms with Crippen LogP contribution < -0.4 is 15.9 Å². The molecule has 0 spiro atoms. The summed E-state index contributed by atoms with van der Waals surface area (Å²) in [4.78, 5) is 32.0. The molecule has 3 aromatic rings. The second-order valence-corrected chi connectivity index (χ2v) is 8.01. The second-order valence-electron chi connectivity index (χ2n) is 7.57. The van der Waals surface area contributed by atoms with Crippen molar-refractivity contribution in [2.24, 2.45) is 5.92 Å². The van der Waals surface area contributed by atoms with Gasteiger partial charge >= 0.3 is 5.69 Å². The summed E-state index contributed by atoms with van der Waals surface area (Å²) in [6.07, 6.45) is 2.28. The maximum absolute atomic E-state index is 12.8. The zero-order valence-electron chi connectivity index (χ0n) is 16.3. The quantitative estimate of drug-likeness (QED) is 0.707. The molecule has 1 saturated heterocycles. The summed E-state index contributed by atoms with van der Waals surface area (Å²) >= 11 is 5.97. The first-order valence-corrected chi connectivity index (χ1v) is 10.2. The number of halogens is 1. The minimum absolute atomic E-state index is 0.116. The van der Waals surface area contributed by atoms with Gasteiger partial charge in [-0.1, -0.05) is 36.7 Å². The lowest BCUT2D eigenvalue weighted by Crippen LogP contribution is -2.38. The average molecular weight is 411 g/mol. The van der Waals surface area contributed by atoms with Crippen molar-refractivity contribution in [1.29, 1.82) is 0 Å². The minimum Gasteiger partial charge on any atom is -0.356 e. The van der Waals surface area contributed by atoms with Crippen molar-refractivity contribution in [3.63, 3.8) is 0 Å². The molecule has 4 rings (SSSR count). The standard InChI is InChI=1S/C22H23ClN4O2/c1-15-6-5-11-26(13-15)21-18-9-2-3-10-19(18)27(22(29)25-21)14-20(28)24-17-8-4-7-16(23)12-17/h2-4,7-10,12,15H,5-6,11,13-14H2,1H3,(H,24,28)/t15-/m0/s1. The molecule has 0 aliphatic carbocycles. The van der Waals surface area contributed by atoms with E-state index in [0.29, 0.717) is 28.0 Å². The minimum atomic E-state index is -0.418. The zero-order chi connectivity index (χ0) is 20.4. The number of nitrogens with zero attached hydrogens (tertiary/aromatic N) is 3. The van der Waals surface area contributed by atoms with Gasteiger partial charge in [0.05, 0.1) is 5.52 Å². The molecule has 1 atom stereocenters. The first-order valence-electron chi connectivity index (χ1n) is 9.81. The Morgan fingerprint density at radius 1 is 1.24 bits per heavy atom. The number of hydrogen-bond acceptors (Lipinski definition) is 4. The zero-order valence-corrected chi connectivity index (χ0v) is 17.0. The first kappa shape index (κ1) is 19.5. The lowest BCUT2D eigenvalue weighted by Gasteiger charge is -2.32. The Bertz CT molecular complexity index is 1110. The van der Waals surface area contributed by atoms with Crippen LogP contribution in [0, 0.1) is 5.92 Å². The van der Waals surface area contributed by atoms with Gasteiger partial charge < -0.3 is 10.2 Å². The van der Waals surface area contributed by atoms with Gasteiger partial charge in [0.2, 0.25) is 5.91 Å². The maximum Gasteiger partial charge on any atom is 0.350 e. The number of rotatable bonds is 4. The van der Waals surface area contributed by atoms with E-state index in [-0.39, 0.29) is 12.5 Å². The van der Waals surface area contributed by atoms with Crippen LogP contribution in [0.4, 0.5) is 11.5 Å². The number of piperidine rings is 1. The largest absolute Gasteiger partial charge is 0.356 e. The van der Waals surface area contributed by atoms with Crippen molar-refractivity contribution in [3.05, 3.63) is 64.0 Å². The molecular formula is C22H23ClN4O2. The van der Waals surface area contributed by atoms with Crippen molar-refractivity contribution < 1.29 is 4.79 Å². The molecule has 1 N–H and O–H groups in total. The van der Waals surface area contributed by atoms with E-state index in [1.165, 1.54) is 11.0 Å². The molecule has 2 heterocycles. The van der Waals surface area contributed by atoms with Crippen LogP contribution in [0.5, 0.6) is 0 Å². The topological polar surface area (TPSA) is 67.2 Å². The highest BCUT2D eigenvalue weighted by Gasteiger charge is 2.21. The smallest absolute Gasteiger partial charge is 0.350 e. The summed E-state index contributed by atoms with van der Waals surface area (Å²) in [5.41, 5.74) is 0.881. The van der Waals surface area contributed by atoms with Crippen molar-refractivity contribution in [2.45, 2.75) is 26.3 Å². The number of para-hydroxylation sites is 1. The highest BCUT2D eigenvalue weighted by molar-refractivity contribution is 6.30. The van der Waals surface area contributed by atoms with Gasteiger partial charge in [0, 0.05) is 29.2 Å². The number of nitrogens with one attached hydrogen (secondary N) is 1. The average Bonchev–Trinajstić information content (AvgIpc) is 2.70. The van der Waals surface area contributed by atoms with Crippen molar-refractivity contribution in [3.8, 4) is 0 Å². The summed E-state index contributed by atoms with van der Waals surface area (Å²) in [6.45, 7) is 3.88. The van der Waals surface area contributed by atoms with Crippen LogP contribution >= 0.6 is 11.6 Å². The van der Waals surface area contributed by atoms with Gasteiger partial charge in [0.25, 0.3) is 0 Å². The van der Waals surface area contributed by atoms with Crippen LogP contribution in [0.1, 0.15) is 19.8 Å². The van der Waals surface area contributed by atoms with E-state index in [1.54, 1.807) is 24.3 Å². The summed E-state index contributed by atoms with van der Waals surface area (Å²) in [7, 11) is 0. The fourth-order valence-corrected chi connectivity index (χ4v) is 4.09. The Morgan fingerprint density at radius 3 is 2.86 bits per heavy atom. The van der Waals surface area contributed by atoms with Crippen molar-refractivity contribution >= 4 is 39.9 Å². The van der Waals surface area contributed by atoms with Crippen LogP contribution in [0.15, 0.2) is 53.3 Å². The van der Waals surface area contributed by atoms with E-state index in [9.17, 15) is 9.59 Å². The normalized spacial score (nSPS) is 16.8. The molecule has 0 bridgehead atoms. The third kappa shape index (κ3) is 4.27. The monoisotopic (exact) mass is 410 g/mol. The Kier molecular flexibility index (Phi) is 5.53. The predicted octanol–water partition coefficient (Wildman–Crippen LogP) is 3.92. The van der Waals surface area contributed by atoms with E-state index in [1.807, 2.05) is 24.3 Å².